The van der Waals surface area contributed by atoms with Crippen molar-refractivity contribution in [3.63, 3.8) is 0 Å². The Hall–Kier alpha value is -0.900. The normalized spacial score (nSPS) is 25.4. The lowest BCUT2D eigenvalue weighted by Gasteiger charge is -2.46. The summed E-state index contributed by atoms with van der Waals surface area (Å²) in [5.74, 6) is 0. The SMILES string of the molecule is Cc1cc(C)c(C2(CN)COCCN2C)c(C)c1. The molecule has 18 heavy (non-hydrogen) atoms. The van der Waals surface area contributed by atoms with Gasteiger partial charge in [-0.15, -0.1) is 0 Å². The van der Waals surface area contributed by atoms with Gasteiger partial charge in [-0.3, -0.25) is 4.90 Å². The summed E-state index contributed by atoms with van der Waals surface area (Å²) in [6.45, 7) is 9.50. The van der Waals surface area contributed by atoms with Gasteiger partial charge >= 0.3 is 0 Å². The molecule has 0 amide bonds. The number of nitrogens with zero attached hydrogens (tertiary/aromatic N) is 1. The van der Waals surface area contributed by atoms with E-state index in [4.69, 9.17) is 10.5 Å². The molecule has 1 atom stereocenters. The van der Waals surface area contributed by atoms with E-state index >= 15 is 0 Å². The maximum absolute atomic E-state index is 6.11. The molecule has 1 heterocycles. The van der Waals surface area contributed by atoms with Crippen LogP contribution in [-0.2, 0) is 10.3 Å². The fraction of sp³-hybridized carbons (Fsp3) is 0.600. The molecule has 1 aliphatic rings. The molecule has 3 heteroatoms. The number of morpholine rings is 1. The molecule has 2 N–H and O–H groups in total. The molecule has 2 rings (SSSR count). The van der Waals surface area contributed by atoms with Crippen LogP contribution in [0, 0.1) is 20.8 Å². The van der Waals surface area contributed by atoms with E-state index in [1.807, 2.05) is 0 Å². The highest BCUT2D eigenvalue weighted by molar-refractivity contribution is 5.43. The Bertz CT molecular complexity index is 421. The number of aryl methyl sites for hydroxylation is 3. The predicted molar refractivity (Wildman–Crippen MR) is 74.8 cm³/mol. The molecule has 1 fully saturated rings. The Morgan fingerprint density at radius 3 is 2.39 bits per heavy atom. The molecule has 0 radical (unpaired) electrons. The van der Waals surface area contributed by atoms with Gasteiger partial charge in [0.2, 0.25) is 0 Å². The third kappa shape index (κ3) is 2.07. The minimum Gasteiger partial charge on any atom is -0.378 e. The van der Waals surface area contributed by atoms with Gasteiger partial charge in [-0.1, -0.05) is 17.7 Å². The molecule has 1 aliphatic heterocycles. The molecular weight excluding hydrogens is 224 g/mol. The zero-order chi connectivity index (χ0) is 13.3. The smallest absolute Gasteiger partial charge is 0.0824 e. The van der Waals surface area contributed by atoms with Crippen LogP contribution in [0.3, 0.4) is 0 Å². The molecule has 0 aliphatic carbocycles. The highest BCUT2D eigenvalue weighted by Gasteiger charge is 2.40. The molecule has 0 saturated carbocycles. The van der Waals surface area contributed by atoms with Gasteiger partial charge in [-0.25, -0.2) is 0 Å². The van der Waals surface area contributed by atoms with Gasteiger partial charge in [0.05, 0.1) is 18.8 Å². The lowest BCUT2D eigenvalue weighted by molar-refractivity contribution is -0.0555. The van der Waals surface area contributed by atoms with Crippen LogP contribution in [0.2, 0.25) is 0 Å². The van der Waals surface area contributed by atoms with Gasteiger partial charge in [-0.05, 0) is 44.5 Å². The number of nitrogens with two attached hydrogens (primary N) is 1. The zero-order valence-corrected chi connectivity index (χ0v) is 11.9. The second kappa shape index (κ2) is 5.00. The number of rotatable bonds is 2. The summed E-state index contributed by atoms with van der Waals surface area (Å²) in [7, 11) is 2.15. The van der Waals surface area contributed by atoms with Crippen LogP contribution in [0.5, 0.6) is 0 Å². The highest BCUT2D eigenvalue weighted by atomic mass is 16.5. The first-order valence-electron chi connectivity index (χ1n) is 6.58. The minimum atomic E-state index is -0.167. The largest absolute Gasteiger partial charge is 0.378 e. The van der Waals surface area contributed by atoms with E-state index in [0.29, 0.717) is 13.2 Å². The van der Waals surface area contributed by atoms with Crippen LogP contribution in [0.4, 0.5) is 0 Å². The third-order valence-electron chi connectivity index (χ3n) is 4.12. The first kappa shape index (κ1) is 13.5. The van der Waals surface area contributed by atoms with Crippen molar-refractivity contribution >= 4 is 0 Å². The molecule has 100 valence electrons. The minimum absolute atomic E-state index is 0.167. The van der Waals surface area contributed by atoms with E-state index in [9.17, 15) is 0 Å². The third-order valence-corrected chi connectivity index (χ3v) is 4.12. The summed E-state index contributed by atoms with van der Waals surface area (Å²) in [4.78, 5) is 2.35. The van der Waals surface area contributed by atoms with Crippen molar-refractivity contribution < 1.29 is 4.74 Å². The molecule has 0 spiro atoms. The maximum Gasteiger partial charge on any atom is 0.0824 e. The molecule has 1 aromatic carbocycles. The predicted octanol–water partition coefficient (Wildman–Crippen LogP) is 1.73. The van der Waals surface area contributed by atoms with Crippen molar-refractivity contribution in [2.24, 2.45) is 5.73 Å². The molecule has 0 aromatic heterocycles. The van der Waals surface area contributed by atoms with Gasteiger partial charge in [0.1, 0.15) is 0 Å². The van der Waals surface area contributed by atoms with Crippen LogP contribution in [-0.4, -0.2) is 38.3 Å². The number of hydrogen-bond donors (Lipinski definition) is 1. The van der Waals surface area contributed by atoms with E-state index in [1.165, 1.54) is 22.3 Å². The van der Waals surface area contributed by atoms with Crippen molar-refractivity contribution in [1.82, 2.24) is 4.90 Å². The number of benzene rings is 1. The molecule has 3 nitrogen and oxygen atoms in total. The van der Waals surface area contributed by atoms with Gasteiger partial charge in [0.15, 0.2) is 0 Å². The average molecular weight is 248 g/mol. The Labute approximate surface area is 110 Å². The fourth-order valence-corrected chi connectivity index (χ4v) is 3.26. The molecule has 1 aromatic rings. The van der Waals surface area contributed by atoms with Crippen molar-refractivity contribution in [2.45, 2.75) is 26.3 Å². The van der Waals surface area contributed by atoms with E-state index in [0.717, 1.165) is 13.2 Å². The quantitative estimate of drug-likeness (QED) is 0.866. The first-order valence-corrected chi connectivity index (χ1v) is 6.58. The van der Waals surface area contributed by atoms with Crippen molar-refractivity contribution in [3.05, 3.63) is 34.4 Å². The summed E-state index contributed by atoms with van der Waals surface area (Å²) in [6.07, 6.45) is 0. The monoisotopic (exact) mass is 248 g/mol. The number of likely N-dealkylation sites (N-methyl/N-ethyl adjacent to an activating group) is 1. The average Bonchev–Trinajstić information content (AvgIpc) is 2.30. The van der Waals surface area contributed by atoms with E-state index in [2.05, 4.69) is 44.9 Å². The lowest BCUT2D eigenvalue weighted by atomic mass is 9.81. The van der Waals surface area contributed by atoms with Gasteiger partial charge < -0.3 is 10.5 Å². The van der Waals surface area contributed by atoms with Crippen molar-refractivity contribution in [1.29, 1.82) is 0 Å². The fourth-order valence-electron chi connectivity index (χ4n) is 3.26. The molecular formula is C15H24N2O. The topological polar surface area (TPSA) is 38.5 Å². The molecule has 1 unspecified atom stereocenters. The van der Waals surface area contributed by atoms with Gasteiger partial charge in [0.25, 0.3) is 0 Å². The standard InChI is InChI=1S/C15H24N2O/c1-11-7-12(2)14(13(3)8-11)15(9-16)10-18-6-5-17(15)4/h7-8H,5-6,9-10,16H2,1-4H3. The van der Waals surface area contributed by atoms with Crippen molar-refractivity contribution in [3.8, 4) is 0 Å². The Morgan fingerprint density at radius 1 is 1.28 bits per heavy atom. The van der Waals surface area contributed by atoms with Crippen LogP contribution in [0.15, 0.2) is 12.1 Å². The van der Waals surface area contributed by atoms with Crippen LogP contribution < -0.4 is 5.73 Å². The summed E-state index contributed by atoms with van der Waals surface area (Å²) >= 11 is 0. The van der Waals surface area contributed by atoms with Gasteiger partial charge in [-0.2, -0.15) is 0 Å². The summed E-state index contributed by atoms with van der Waals surface area (Å²) < 4.78 is 5.72. The van der Waals surface area contributed by atoms with E-state index < -0.39 is 0 Å². The number of ether oxygens (including phenoxy) is 1. The van der Waals surface area contributed by atoms with E-state index in [1.54, 1.807) is 0 Å². The van der Waals surface area contributed by atoms with Crippen molar-refractivity contribution in [2.75, 3.05) is 33.4 Å². The Balaban J connectivity index is 2.56. The molecule has 0 bridgehead atoms. The second-order valence-electron chi connectivity index (χ2n) is 5.48. The second-order valence-corrected chi connectivity index (χ2v) is 5.48. The maximum atomic E-state index is 6.11. The number of hydrogen-bond acceptors (Lipinski definition) is 3. The first-order chi connectivity index (χ1) is 8.51. The van der Waals surface area contributed by atoms with Crippen LogP contribution in [0.25, 0.3) is 0 Å². The zero-order valence-electron chi connectivity index (χ0n) is 11.9. The van der Waals surface area contributed by atoms with Gasteiger partial charge in [0, 0.05) is 13.1 Å². The lowest BCUT2D eigenvalue weighted by Crippen LogP contribution is -2.57. The van der Waals surface area contributed by atoms with Crippen LogP contribution >= 0.6 is 0 Å². The molecule has 1 saturated heterocycles. The summed E-state index contributed by atoms with van der Waals surface area (Å²) in [5, 5.41) is 0. The Kier molecular flexibility index (Phi) is 3.76. The highest BCUT2D eigenvalue weighted by Crippen LogP contribution is 2.34. The summed E-state index contributed by atoms with van der Waals surface area (Å²) in [5.41, 5.74) is 11.2. The Morgan fingerprint density at radius 2 is 1.89 bits per heavy atom. The van der Waals surface area contributed by atoms with E-state index in [-0.39, 0.29) is 5.54 Å². The van der Waals surface area contributed by atoms with Crippen LogP contribution in [0.1, 0.15) is 22.3 Å². The summed E-state index contributed by atoms with van der Waals surface area (Å²) in [6, 6.07) is 4.48.